The molecule has 1 amide bonds. The number of nitrogens with zero attached hydrogens (tertiary/aromatic N) is 3. The van der Waals surface area contributed by atoms with Gasteiger partial charge in [0.25, 0.3) is 0 Å². The first-order valence-electron chi connectivity index (χ1n) is 8.79. The van der Waals surface area contributed by atoms with E-state index in [4.69, 9.17) is 11.6 Å². The number of amides is 1. The molecule has 1 saturated heterocycles. The molecule has 0 bridgehead atoms. The van der Waals surface area contributed by atoms with E-state index in [9.17, 15) is 9.18 Å². The fourth-order valence-electron chi connectivity index (χ4n) is 3.14. The summed E-state index contributed by atoms with van der Waals surface area (Å²) in [7, 11) is 0. The van der Waals surface area contributed by atoms with Gasteiger partial charge in [0.15, 0.2) is 0 Å². The van der Waals surface area contributed by atoms with Crippen LogP contribution in [0.2, 0.25) is 5.02 Å². The Balaban J connectivity index is 1.53. The molecule has 0 aliphatic carbocycles. The molecule has 1 aromatic carbocycles. The van der Waals surface area contributed by atoms with Gasteiger partial charge in [-0.15, -0.1) is 0 Å². The third-order valence-corrected chi connectivity index (χ3v) is 4.58. The van der Waals surface area contributed by atoms with Crippen LogP contribution >= 0.6 is 11.6 Å². The Morgan fingerprint density at radius 3 is 2.58 bits per heavy atom. The smallest absolute Gasteiger partial charge is 0.234 e. The van der Waals surface area contributed by atoms with Crippen LogP contribution in [0.1, 0.15) is 26.6 Å². The van der Waals surface area contributed by atoms with E-state index in [1.165, 1.54) is 12.1 Å². The molecule has 2 N–H and O–H groups in total. The molecular weight excluding hydrogens is 357 g/mol. The minimum Gasteiger partial charge on any atom is -0.350 e. The van der Waals surface area contributed by atoms with Crippen molar-refractivity contribution in [2.75, 3.05) is 32.7 Å². The summed E-state index contributed by atoms with van der Waals surface area (Å²) in [6.45, 7) is 10.4. The van der Waals surface area contributed by atoms with Crippen molar-refractivity contribution in [3.8, 4) is 0 Å². The van der Waals surface area contributed by atoms with Gasteiger partial charge in [0.2, 0.25) is 5.91 Å². The van der Waals surface area contributed by atoms with Crippen LogP contribution in [0.15, 0.2) is 12.1 Å². The van der Waals surface area contributed by atoms with Crippen molar-refractivity contribution in [1.82, 2.24) is 25.1 Å². The van der Waals surface area contributed by atoms with Gasteiger partial charge in [-0.1, -0.05) is 11.6 Å². The number of benzene rings is 1. The molecule has 0 spiro atoms. The van der Waals surface area contributed by atoms with Crippen molar-refractivity contribution in [2.45, 2.75) is 32.9 Å². The number of nitrogens with one attached hydrogen (secondary N) is 2. The summed E-state index contributed by atoms with van der Waals surface area (Å²) >= 11 is 6.06. The molecule has 0 saturated carbocycles. The Labute approximate surface area is 157 Å². The highest BCUT2D eigenvalue weighted by molar-refractivity contribution is 6.34. The number of aromatic nitrogens is 2. The number of rotatable bonds is 4. The number of fused-ring (bicyclic) bond motifs is 1. The van der Waals surface area contributed by atoms with Crippen molar-refractivity contribution in [3.63, 3.8) is 0 Å². The SMILES string of the molecule is CC(C)(C)NC(=O)CN1CCN(Cc2nc3cc(F)cc(Cl)c3[nH]2)CC1. The van der Waals surface area contributed by atoms with Gasteiger partial charge in [0, 0.05) is 37.8 Å². The Morgan fingerprint density at radius 1 is 1.27 bits per heavy atom. The van der Waals surface area contributed by atoms with Crippen LogP contribution in [0.3, 0.4) is 0 Å². The maximum Gasteiger partial charge on any atom is 0.234 e. The number of aromatic amines is 1. The van der Waals surface area contributed by atoms with Gasteiger partial charge in [-0.2, -0.15) is 0 Å². The predicted octanol–water partition coefficient (Wildman–Crippen LogP) is 2.39. The van der Waals surface area contributed by atoms with Crippen molar-refractivity contribution in [2.24, 2.45) is 0 Å². The van der Waals surface area contributed by atoms with E-state index < -0.39 is 0 Å². The normalized spacial score (nSPS) is 17.0. The molecule has 0 unspecified atom stereocenters. The number of carbonyl (C=O) groups is 1. The minimum absolute atomic E-state index is 0.0555. The second-order valence-electron chi connectivity index (χ2n) is 7.82. The van der Waals surface area contributed by atoms with Crippen molar-refractivity contribution >= 4 is 28.5 Å². The Morgan fingerprint density at radius 2 is 1.92 bits per heavy atom. The van der Waals surface area contributed by atoms with Gasteiger partial charge in [-0.05, 0) is 26.8 Å². The Bertz CT molecular complexity index is 793. The van der Waals surface area contributed by atoms with E-state index in [2.05, 4.69) is 25.1 Å². The largest absolute Gasteiger partial charge is 0.350 e. The van der Waals surface area contributed by atoms with E-state index in [1.807, 2.05) is 20.8 Å². The summed E-state index contributed by atoms with van der Waals surface area (Å²) in [5.41, 5.74) is 1.00. The maximum absolute atomic E-state index is 13.4. The molecular formula is C18H25ClFN5O. The summed E-state index contributed by atoms with van der Waals surface area (Å²) in [4.78, 5) is 24.1. The summed E-state index contributed by atoms with van der Waals surface area (Å²) < 4.78 is 13.4. The van der Waals surface area contributed by atoms with Crippen LogP contribution in [0.5, 0.6) is 0 Å². The van der Waals surface area contributed by atoms with Crippen LogP contribution < -0.4 is 5.32 Å². The first-order chi connectivity index (χ1) is 12.2. The minimum atomic E-state index is -0.386. The zero-order chi connectivity index (χ0) is 18.9. The highest BCUT2D eigenvalue weighted by Crippen LogP contribution is 2.23. The lowest BCUT2D eigenvalue weighted by Crippen LogP contribution is -2.51. The monoisotopic (exact) mass is 381 g/mol. The maximum atomic E-state index is 13.4. The average Bonchev–Trinajstić information content (AvgIpc) is 2.90. The van der Waals surface area contributed by atoms with E-state index in [1.54, 1.807) is 0 Å². The fourth-order valence-corrected chi connectivity index (χ4v) is 3.39. The molecule has 1 aromatic heterocycles. The zero-order valence-corrected chi connectivity index (χ0v) is 16.2. The van der Waals surface area contributed by atoms with E-state index in [-0.39, 0.29) is 17.3 Å². The molecule has 0 radical (unpaired) electrons. The lowest BCUT2D eigenvalue weighted by Gasteiger charge is -2.34. The number of halogens is 2. The van der Waals surface area contributed by atoms with E-state index in [0.717, 1.165) is 32.0 Å². The highest BCUT2D eigenvalue weighted by Gasteiger charge is 2.22. The molecule has 3 rings (SSSR count). The lowest BCUT2D eigenvalue weighted by atomic mass is 10.1. The quantitative estimate of drug-likeness (QED) is 0.853. The van der Waals surface area contributed by atoms with Crippen LogP contribution in [0.4, 0.5) is 4.39 Å². The molecule has 2 heterocycles. The Kier molecular flexibility index (Phi) is 5.50. The summed E-state index contributed by atoms with van der Waals surface area (Å²) in [6, 6.07) is 2.67. The molecule has 142 valence electrons. The third kappa shape index (κ3) is 4.93. The van der Waals surface area contributed by atoms with Gasteiger partial charge in [-0.25, -0.2) is 9.37 Å². The van der Waals surface area contributed by atoms with Crippen LogP contribution in [0.25, 0.3) is 11.0 Å². The molecule has 1 aliphatic heterocycles. The van der Waals surface area contributed by atoms with Crippen molar-refractivity contribution in [3.05, 3.63) is 28.8 Å². The topological polar surface area (TPSA) is 64.3 Å². The first kappa shape index (κ1) is 19.1. The van der Waals surface area contributed by atoms with Crippen LogP contribution in [0, 0.1) is 5.82 Å². The van der Waals surface area contributed by atoms with Gasteiger partial charge in [0.05, 0.1) is 29.1 Å². The Hall–Kier alpha value is -1.70. The van der Waals surface area contributed by atoms with Gasteiger partial charge in [-0.3, -0.25) is 14.6 Å². The van der Waals surface area contributed by atoms with Gasteiger partial charge in [0.1, 0.15) is 11.6 Å². The number of hydrogen-bond acceptors (Lipinski definition) is 4. The molecule has 1 aliphatic rings. The second-order valence-corrected chi connectivity index (χ2v) is 8.22. The molecule has 8 heteroatoms. The van der Waals surface area contributed by atoms with E-state index >= 15 is 0 Å². The van der Waals surface area contributed by atoms with E-state index in [0.29, 0.717) is 29.1 Å². The van der Waals surface area contributed by atoms with Crippen LogP contribution in [-0.2, 0) is 11.3 Å². The molecule has 0 atom stereocenters. The summed E-state index contributed by atoms with van der Waals surface area (Å²) in [5, 5.41) is 3.33. The number of H-pyrrole nitrogens is 1. The molecule has 26 heavy (non-hydrogen) atoms. The first-order valence-corrected chi connectivity index (χ1v) is 9.17. The fraction of sp³-hybridized carbons (Fsp3) is 0.556. The van der Waals surface area contributed by atoms with Gasteiger partial charge < -0.3 is 10.3 Å². The van der Waals surface area contributed by atoms with Crippen molar-refractivity contribution < 1.29 is 9.18 Å². The second kappa shape index (κ2) is 7.50. The number of piperazine rings is 1. The van der Waals surface area contributed by atoms with Crippen LogP contribution in [-0.4, -0.2) is 63.9 Å². The summed E-state index contributed by atoms with van der Waals surface area (Å²) in [6.07, 6.45) is 0. The predicted molar refractivity (Wildman–Crippen MR) is 101 cm³/mol. The lowest BCUT2D eigenvalue weighted by molar-refractivity contribution is -0.124. The number of carbonyl (C=O) groups excluding carboxylic acids is 1. The summed E-state index contributed by atoms with van der Waals surface area (Å²) in [5.74, 6) is 0.439. The number of hydrogen-bond donors (Lipinski definition) is 2. The average molecular weight is 382 g/mol. The highest BCUT2D eigenvalue weighted by atomic mass is 35.5. The van der Waals surface area contributed by atoms with Gasteiger partial charge >= 0.3 is 0 Å². The molecule has 6 nitrogen and oxygen atoms in total. The standard InChI is InChI=1S/C18H25ClFN5O/c1-18(2,3)23-16(26)11-25-6-4-24(5-7-25)10-15-21-14-9-12(20)8-13(19)17(14)22-15/h8-9H,4-7,10-11H2,1-3H3,(H,21,22)(H,23,26). The zero-order valence-electron chi connectivity index (χ0n) is 15.4. The molecule has 2 aromatic rings. The third-order valence-electron chi connectivity index (χ3n) is 4.28. The molecule has 1 fully saturated rings. The van der Waals surface area contributed by atoms with Crippen molar-refractivity contribution in [1.29, 1.82) is 0 Å². The number of imidazole rings is 1.